The molecule has 2 aliphatic heterocycles. The third-order valence-electron chi connectivity index (χ3n) is 7.17. The lowest BCUT2D eigenvalue weighted by atomic mass is 10.0. The zero-order valence-electron chi connectivity index (χ0n) is 23.5. The third-order valence-corrected chi connectivity index (χ3v) is 7.17. The number of anilines is 2. The number of nitriles is 1. The van der Waals surface area contributed by atoms with E-state index in [1.165, 1.54) is 5.56 Å². The topological polar surface area (TPSA) is 92.2 Å². The number of carbonyl (C=O) groups is 2. The fourth-order valence-electron chi connectivity index (χ4n) is 4.95. The Morgan fingerprint density at radius 1 is 1.00 bits per heavy atom. The van der Waals surface area contributed by atoms with E-state index in [9.17, 15) is 9.59 Å². The number of nitrogens with zero attached hydrogens (tertiary/aromatic N) is 5. The van der Waals surface area contributed by atoms with Crippen molar-refractivity contribution in [2.45, 2.75) is 51.8 Å². The van der Waals surface area contributed by atoms with Gasteiger partial charge in [0.25, 0.3) is 0 Å². The molecule has 2 aromatic carbocycles. The highest BCUT2D eigenvalue weighted by molar-refractivity contribution is 5.91. The number of carbonyl (C=O) groups excluding carboxylic acids is 2. The number of rotatable bonds is 5. The summed E-state index contributed by atoms with van der Waals surface area (Å²) in [6.07, 6.45) is 1.47. The summed E-state index contributed by atoms with van der Waals surface area (Å²) in [7, 11) is 1.82. The van der Waals surface area contributed by atoms with Crippen LogP contribution in [0.4, 0.5) is 21.0 Å². The summed E-state index contributed by atoms with van der Waals surface area (Å²) >= 11 is 0. The van der Waals surface area contributed by atoms with Crippen molar-refractivity contribution < 1.29 is 14.3 Å². The summed E-state index contributed by atoms with van der Waals surface area (Å²) in [5, 5.41) is 12.6. The molecule has 208 valence electrons. The van der Waals surface area contributed by atoms with E-state index in [4.69, 9.17) is 10.00 Å². The number of piperidine rings is 1. The molecule has 0 radical (unpaired) electrons. The molecule has 0 saturated carbocycles. The maximum atomic E-state index is 13.2. The fraction of sp³-hybridized carbons (Fsp3) is 0.500. The number of hydrogen-bond acceptors (Lipinski definition) is 6. The Balaban J connectivity index is 1.22. The van der Waals surface area contributed by atoms with E-state index in [1.807, 2.05) is 63.1 Å². The van der Waals surface area contributed by atoms with Crippen LogP contribution >= 0.6 is 0 Å². The first kappa shape index (κ1) is 28.2. The maximum Gasteiger partial charge on any atom is 0.410 e. The normalized spacial score (nSPS) is 16.9. The molecule has 3 amide bonds. The van der Waals surface area contributed by atoms with E-state index in [0.29, 0.717) is 31.7 Å². The molecule has 1 N–H and O–H groups in total. The van der Waals surface area contributed by atoms with Crippen LogP contribution in [0.5, 0.6) is 0 Å². The Morgan fingerprint density at radius 2 is 1.67 bits per heavy atom. The van der Waals surface area contributed by atoms with Gasteiger partial charge in [0.15, 0.2) is 0 Å². The minimum atomic E-state index is -0.482. The minimum Gasteiger partial charge on any atom is -0.444 e. The zero-order chi connectivity index (χ0) is 28.0. The molecule has 0 aliphatic carbocycles. The van der Waals surface area contributed by atoms with Gasteiger partial charge in [-0.3, -0.25) is 9.80 Å². The van der Waals surface area contributed by atoms with Crippen LogP contribution in [0.3, 0.4) is 0 Å². The van der Waals surface area contributed by atoms with Gasteiger partial charge in [0.05, 0.1) is 11.6 Å². The number of benzene rings is 2. The molecule has 0 bridgehead atoms. The Hall–Kier alpha value is -3.77. The Kier molecular flexibility index (Phi) is 8.97. The standard InChI is InChI=1S/C30H40N6O3/c1-30(2,3)39-29(38)36-18-16-34(17-19-36)22-23-8-10-27(11-9-23)33(4)28(37)35-14-12-25(13-15-35)32-26-7-5-6-24(20-26)21-31/h5-11,20,25,32H,12-19,22H2,1-4H3. The van der Waals surface area contributed by atoms with E-state index >= 15 is 0 Å². The number of nitrogens with one attached hydrogen (secondary N) is 1. The highest BCUT2D eigenvalue weighted by Gasteiger charge is 2.27. The van der Waals surface area contributed by atoms with E-state index in [0.717, 1.165) is 43.9 Å². The van der Waals surface area contributed by atoms with Gasteiger partial charge in [0.2, 0.25) is 0 Å². The van der Waals surface area contributed by atoms with Crippen LogP contribution < -0.4 is 10.2 Å². The summed E-state index contributed by atoms with van der Waals surface area (Å²) in [4.78, 5) is 33.2. The molecular weight excluding hydrogens is 492 g/mol. The Morgan fingerprint density at radius 3 is 2.28 bits per heavy atom. The van der Waals surface area contributed by atoms with E-state index in [1.54, 1.807) is 15.9 Å². The van der Waals surface area contributed by atoms with Gasteiger partial charge >= 0.3 is 12.1 Å². The first-order valence-electron chi connectivity index (χ1n) is 13.7. The highest BCUT2D eigenvalue weighted by Crippen LogP contribution is 2.22. The molecule has 2 saturated heterocycles. The molecule has 4 rings (SSSR count). The van der Waals surface area contributed by atoms with Crippen molar-refractivity contribution in [3.63, 3.8) is 0 Å². The predicted molar refractivity (Wildman–Crippen MR) is 153 cm³/mol. The van der Waals surface area contributed by atoms with E-state index in [2.05, 4.69) is 28.4 Å². The summed E-state index contributed by atoms with van der Waals surface area (Å²) in [5.74, 6) is 0. The van der Waals surface area contributed by atoms with Crippen molar-refractivity contribution in [2.24, 2.45) is 0 Å². The number of urea groups is 1. The molecule has 2 aliphatic rings. The third kappa shape index (κ3) is 7.87. The average Bonchev–Trinajstić information content (AvgIpc) is 2.92. The second kappa shape index (κ2) is 12.4. The van der Waals surface area contributed by atoms with Gasteiger partial charge in [-0.15, -0.1) is 0 Å². The lowest BCUT2D eigenvalue weighted by molar-refractivity contribution is 0.0139. The molecule has 2 fully saturated rings. The van der Waals surface area contributed by atoms with Gasteiger partial charge in [-0.1, -0.05) is 18.2 Å². The van der Waals surface area contributed by atoms with Crippen molar-refractivity contribution in [1.29, 1.82) is 5.26 Å². The van der Waals surface area contributed by atoms with Crippen molar-refractivity contribution in [3.8, 4) is 6.07 Å². The van der Waals surface area contributed by atoms with Crippen LogP contribution in [0.1, 0.15) is 44.7 Å². The molecule has 9 heteroatoms. The lowest BCUT2D eigenvalue weighted by Gasteiger charge is -2.36. The number of likely N-dealkylation sites (tertiary alicyclic amines) is 1. The van der Waals surface area contributed by atoms with Crippen molar-refractivity contribution in [1.82, 2.24) is 14.7 Å². The largest absolute Gasteiger partial charge is 0.444 e. The van der Waals surface area contributed by atoms with Gasteiger partial charge in [0.1, 0.15) is 5.60 Å². The number of piperazine rings is 1. The van der Waals surface area contributed by atoms with Crippen LogP contribution in [-0.2, 0) is 11.3 Å². The number of hydrogen-bond donors (Lipinski definition) is 1. The van der Waals surface area contributed by atoms with Gasteiger partial charge < -0.3 is 19.9 Å². The van der Waals surface area contributed by atoms with E-state index in [-0.39, 0.29) is 18.2 Å². The van der Waals surface area contributed by atoms with Crippen molar-refractivity contribution in [3.05, 3.63) is 59.7 Å². The molecule has 39 heavy (non-hydrogen) atoms. The van der Waals surface area contributed by atoms with Gasteiger partial charge in [-0.2, -0.15) is 5.26 Å². The quantitative estimate of drug-likeness (QED) is 0.598. The minimum absolute atomic E-state index is 0.00550. The molecule has 9 nitrogen and oxygen atoms in total. The van der Waals surface area contributed by atoms with Crippen molar-refractivity contribution in [2.75, 3.05) is 56.5 Å². The van der Waals surface area contributed by atoms with Crippen LogP contribution in [0.2, 0.25) is 0 Å². The van der Waals surface area contributed by atoms with Gasteiger partial charge in [-0.25, -0.2) is 9.59 Å². The van der Waals surface area contributed by atoms with E-state index < -0.39 is 5.60 Å². The smallest absolute Gasteiger partial charge is 0.410 e. The SMILES string of the molecule is CN(C(=O)N1CCC(Nc2cccc(C#N)c2)CC1)c1ccc(CN2CCN(C(=O)OC(C)(C)C)CC2)cc1. The monoisotopic (exact) mass is 532 g/mol. The molecule has 0 atom stereocenters. The van der Waals surface area contributed by atoms with Crippen LogP contribution in [-0.4, -0.2) is 84.8 Å². The van der Waals surface area contributed by atoms with Crippen LogP contribution in [0.25, 0.3) is 0 Å². The second-order valence-electron chi connectivity index (χ2n) is 11.3. The molecule has 0 unspecified atom stereocenters. The predicted octanol–water partition coefficient (Wildman–Crippen LogP) is 4.74. The summed E-state index contributed by atoms with van der Waals surface area (Å²) in [5.41, 5.74) is 3.15. The summed E-state index contributed by atoms with van der Waals surface area (Å²) < 4.78 is 5.49. The summed E-state index contributed by atoms with van der Waals surface area (Å²) in [6, 6.07) is 18.1. The highest BCUT2D eigenvalue weighted by atomic mass is 16.6. The molecule has 0 aromatic heterocycles. The summed E-state index contributed by atoms with van der Waals surface area (Å²) in [6.45, 7) is 10.7. The van der Waals surface area contributed by atoms with Crippen LogP contribution in [0, 0.1) is 11.3 Å². The molecule has 2 heterocycles. The molecule has 0 spiro atoms. The first-order valence-corrected chi connectivity index (χ1v) is 13.7. The van der Waals surface area contributed by atoms with Crippen molar-refractivity contribution >= 4 is 23.5 Å². The fourth-order valence-corrected chi connectivity index (χ4v) is 4.95. The average molecular weight is 533 g/mol. The van der Waals surface area contributed by atoms with Gasteiger partial charge in [-0.05, 0) is 69.5 Å². The first-order chi connectivity index (χ1) is 18.6. The zero-order valence-corrected chi connectivity index (χ0v) is 23.5. The Labute approximate surface area is 231 Å². The maximum absolute atomic E-state index is 13.2. The Bertz CT molecular complexity index is 1170. The number of amides is 3. The second-order valence-corrected chi connectivity index (χ2v) is 11.3. The molecular formula is C30H40N6O3. The molecule has 2 aromatic rings. The van der Waals surface area contributed by atoms with Crippen LogP contribution in [0.15, 0.2) is 48.5 Å². The van der Waals surface area contributed by atoms with Gasteiger partial charge in [0, 0.05) is 70.3 Å². The lowest BCUT2D eigenvalue weighted by Crippen LogP contribution is -2.49. The number of ether oxygens (including phenoxy) is 1.